The van der Waals surface area contributed by atoms with E-state index in [4.69, 9.17) is 10.3 Å². The maximum atomic E-state index is 6.00. The molecule has 0 fully saturated rings. The van der Waals surface area contributed by atoms with Gasteiger partial charge in [-0.1, -0.05) is 5.16 Å². The third-order valence-electron chi connectivity index (χ3n) is 3.07. The fourth-order valence-electron chi connectivity index (χ4n) is 1.92. The van der Waals surface area contributed by atoms with Gasteiger partial charge in [-0.15, -0.1) is 11.3 Å². The fourth-order valence-corrected chi connectivity index (χ4v) is 2.84. The summed E-state index contributed by atoms with van der Waals surface area (Å²) in [5, 5.41) is 4.67. The van der Waals surface area contributed by atoms with Gasteiger partial charge in [0.25, 0.3) is 5.89 Å². The number of hydrogen-bond acceptors (Lipinski definition) is 6. The number of anilines is 1. The zero-order valence-electron chi connectivity index (χ0n) is 10.8. The number of nitrogen functional groups attached to an aromatic ring is 1. The average Bonchev–Trinajstić information content (AvgIpc) is 3.02. The summed E-state index contributed by atoms with van der Waals surface area (Å²) >= 11 is 1.53. The maximum absolute atomic E-state index is 6.00. The van der Waals surface area contributed by atoms with E-state index in [1.165, 1.54) is 11.3 Å². The second-order valence-electron chi connectivity index (χ2n) is 4.31. The third kappa shape index (κ3) is 1.82. The molecule has 2 N–H and O–H groups in total. The van der Waals surface area contributed by atoms with Crippen molar-refractivity contribution in [1.29, 1.82) is 0 Å². The van der Waals surface area contributed by atoms with Crippen LogP contribution < -0.4 is 5.73 Å². The molecule has 0 aliphatic carbocycles. The van der Waals surface area contributed by atoms with Gasteiger partial charge in [0.1, 0.15) is 0 Å². The number of nitrogens with two attached hydrogens (primary N) is 1. The first-order chi connectivity index (χ1) is 9.08. The van der Waals surface area contributed by atoms with Crippen molar-refractivity contribution >= 4 is 16.3 Å². The van der Waals surface area contributed by atoms with Crippen LogP contribution in [0.3, 0.4) is 0 Å². The summed E-state index contributed by atoms with van der Waals surface area (Å²) in [7, 11) is 1.88. The number of aromatic nitrogens is 4. The molecule has 3 heterocycles. The Bertz CT molecular complexity index is 739. The summed E-state index contributed by atoms with van der Waals surface area (Å²) in [5.41, 5.74) is 7.91. The van der Waals surface area contributed by atoms with E-state index in [1.807, 2.05) is 31.7 Å². The lowest BCUT2D eigenvalue weighted by Gasteiger charge is -1.95. The minimum Gasteiger partial charge on any atom is -0.390 e. The van der Waals surface area contributed by atoms with Crippen molar-refractivity contribution < 1.29 is 4.52 Å². The number of nitrogens with zero attached hydrogens (tertiary/aromatic N) is 4. The summed E-state index contributed by atoms with van der Waals surface area (Å²) in [4.78, 5) is 9.73. The van der Waals surface area contributed by atoms with Crippen LogP contribution in [-0.2, 0) is 7.05 Å². The molecule has 0 atom stereocenters. The Labute approximate surface area is 113 Å². The van der Waals surface area contributed by atoms with Crippen molar-refractivity contribution in [2.24, 2.45) is 7.05 Å². The summed E-state index contributed by atoms with van der Waals surface area (Å²) in [6, 6.07) is 0. The van der Waals surface area contributed by atoms with Crippen LogP contribution in [-0.4, -0.2) is 19.7 Å². The lowest BCUT2D eigenvalue weighted by atomic mass is 10.1. The minimum absolute atomic E-state index is 0.442. The molecule has 0 amide bonds. The van der Waals surface area contributed by atoms with Crippen LogP contribution in [0.4, 0.5) is 5.00 Å². The molecule has 3 aromatic heterocycles. The summed E-state index contributed by atoms with van der Waals surface area (Å²) in [5.74, 6) is 1.57. The van der Waals surface area contributed by atoms with Crippen LogP contribution in [0.15, 0.2) is 16.9 Å². The Morgan fingerprint density at radius 3 is 2.74 bits per heavy atom. The normalized spacial score (nSPS) is 11.1. The van der Waals surface area contributed by atoms with Crippen LogP contribution in [0, 0.1) is 13.8 Å². The summed E-state index contributed by atoms with van der Waals surface area (Å²) < 4.78 is 7.15. The van der Waals surface area contributed by atoms with Crippen molar-refractivity contribution in [2.45, 2.75) is 13.8 Å². The second kappa shape index (κ2) is 4.20. The van der Waals surface area contributed by atoms with E-state index in [2.05, 4.69) is 15.1 Å². The molecule has 0 radical (unpaired) electrons. The lowest BCUT2D eigenvalue weighted by Crippen LogP contribution is -1.93. The molecule has 0 aromatic carbocycles. The van der Waals surface area contributed by atoms with Gasteiger partial charge in [0.2, 0.25) is 5.82 Å². The van der Waals surface area contributed by atoms with Gasteiger partial charge in [0, 0.05) is 24.3 Å². The molecule has 0 aliphatic heterocycles. The number of aryl methyl sites for hydroxylation is 2. The zero-order chi connectivity index (χ0) is 13.6. The highest BCUT2D eigenvalue weighted by molar-refractivity contribution is 7.16. The average molecular weight is 275 g/mol. The van der Waals surface area contributed by atoms with Gasteiger partial charge in [0.05, 0.1) is 10.6 Å². The second-order valence-corrected chi connectivity index (χ2v) is 5.56. The van der Waals surface area contributed by atoms with E-state index in [9.17, 15) is 0 Å². The Hall–Kier alpha value is -2.15. The Kier molecular flexibility index (Phi) is 2.63. The molecule has 7 heteroatoms. The van der Waals surface area contributed by atoms with Gasteiger partial charge in [-0.25, -0.2) is 4.98 Å². The van der Waals surface area contributed by atoms with Crippen molar-refractivity contribution in [2.75, 3.05) is 5.73 Å². The summed E-state index contributed by atoms with van der Waals surface area (Å²) in [6.45, 7) is 4.03. The van der Waals surface area contributed by atoms with Crippen LogP contribution in [0.1, 0.15) is 10.4 Å². The van der Waals surface area contributed by atoms with Crippen molar-refractivity contribution in [3.63, 3.8) is 0 Å². The molecule has 0 unspecified atom stereocenters. The van der Waals surface area contributed by atoms with Crippen LogP contribution in [0.2, 0.25) is 0 Å². The zero-order valence-corrected chi connectivity index (χ0v) is 11.7. The first-order valence-electron chi connectivity index (χ1n) is 5.75. The SMILES string of the molecule is Cc1sc(N)c(-c2nc(-c3nccn3C)no2)c1C. The number of hydrogen-bond donors (Lipinski definition) is 1. The summed E-state index contributed by atoms with van der Waals surface area (Å²) in [6.07, 6.45) is 3.53. The van der Waals surface area contributed by atoms with Crippen molar-refractivity contribution in [1.82, 2.24) is 19.7 Å². The predicted molar refractivity (Wildman–Crippen MR) is 73.7 cm³/mol. The van der Waals surface area contributed by atoms with E-state index >= 15 is 0 Å². The fraction of sp³-hybridized carbons (Fsp3) is 0.250. The number of thiophene rings is 1. The van der Waals surface area contributed by atoms with Gasteiger partial charge in [-0.3, -0.25) is 0 Å². The van der Waals surface area contributed by atoms with Crippen LogP contribution in [0.25, 0.3) is 23.1 Å². The van der Waals surface area contributed by atoms with Crippen molar-refractivity contribution in [3.05, 3.63) is 22.8 Å². The highest BCUT2D eigenvalue weighted by Crippen LogP contribution is 2.37. The molecule has 0 spiro atoms. The van der Waals surface area contributed by atoms with E-state index in [0.29, 0.717) is 22.5 Å². The highest BCUT2D eigenvalue weighted by atomic mass is 32.1. The topological polar surface area (TPSA) is 82.8 Å². The van der Waals surface area contributed by atoms with Crippen LogP contribution >= 0.6 is 11.3 Å². The number of imidazole rings is 1. The Morgan fingerprint density at radius 1 is 1.37 bits per heavy atom. The lowest BCUT2D eigenvalue weighted by molar-refractivity contribution is 0.431. The Balaban J connectivity index is 2.09. The molecule has 3 aromatic rings. The Morgan fingerprint density at radius 2 is 2.16 bits per heavy atom. The predicted octanol–water partition coefficient (Wildman–Crippen LogP) is 2.40. The first-order valence-corrected chi connectivity index (χ1v) is 6.57. The molecular formula is C12H13N5OS. The van der Waals surface area contributed by atoms with Gasteiger partial charge in [-0.05, 0) is 19.4 Å². The van der Waals surface area contributed by atoms with Gasteiger partial charge in [0.15, 0.2) is 5.82 Å². The molecule has 6 nitrogen and oxygen atoms in total. The molecule has 3 rings (SSSR count). The first kappa shape index (κ1) is 11.9. The third-order valence-corrected chi connectivity index (χ3v) is 4.11. The minimum atomic E-state index is 0.442. The van der Waals surface area contributed by atoms with Gasteiger partial charge < -0.3 is 14.8 Å². The highest BCUT2D eigenvalue weighted by Gasteiger charge is 2.20. The largest absolute Gasteiger partial charge is 0.390 e. The molecule has 19 heavy (non-hydrogen) atoms. The molecule has 0 saturated carbocycles. The molecule has 98 valence electrons. The van der Waals surface area contributed by atoms with E-state index < -0.39 is 0 Å². The monoisotopic (exact) mass is 275 g/mol. The molecule has 0 saturated heterocycles. The van der Waals surface area contributed by atoms with Gasteiger partial charge >= 0.3 is 0 Å². The molecule has 0 aliphatic rings. The standard InChI is InChI=1S/C12H13N5OS/c1-6-7(2)19-9(13)8(6)12-15-10(16-18-12)11-14-4-5-17(11)3/h4-5H,13H2,1-3H3. The van der Waals surface area contributed by atoms with E-state index in [-0.39, 0.29) is 0 Å². The van der Waals surface area contributed by atoms with Gasteiger partial charge in [-0.2, -0.15) is 4.98 Å². The quantitative estimate of drug-likeness (QED) is 0.776. The molecular weight excluding hydrogens is 262 g/mol. The number of rotatable bonds is 2. The van der Waals surface area contributed by atoms with Crippen LogP contribution in [0.5, 0.6) is 0 Å². The maximum Gasteiger partial charge on any atom is 0.261 e. The smallest absolute Gasteiger partial charge is 0.261 e. The van der Waals surface area contributed by atoms with Crippen molar-refractivity contribution in [3.8, 4) is 23.1 Å². The molecule has 0 bridgehead atoms. The van der Waals surface area contributed by atoms with E-state index in [1.54, 1.807) is 6.20 Å². The van der Waals surface area contributed by atoms with E-state index in [0.717, 1.165) is 16.0 Å².